The molecule has 102 valence electrons. The van der Waals surface area contributed by atoms with Crippen molar-refractivity contribution in [3.63, 3.8) is 0 Å². The van der Waals surface area contributed by atoms with Gasteiger partial charge in [-0.2, -0.15) is 0 Å². The van der Waals surface area contributed by atoms with E-state index >= 15 is 0 Å². The van der Waals surface area contributed by atoms with Gasteiger partial charge in [-0.15, -0.1) is 0 Å². The predicted molar refractivity (Wildman–Crippen MR) is 77.0 cm³/mol. The molecular weight excluding hydrogens is 228 g/mol. The van der Waals surface area contributed by atoms with Crippen molar-refractivity contribution in [1.82, 2.24) is 0 Å². The van der Waals surface area contributed by atoms with Gasteiger partial charge in [-0.25, -0.2) is 0 Å². The molecule has 0 aromatic rings. The number of carbonyl (C=O) groups excluding carboxylic acids is 1. The van der Waals surface area contributed by atoms with Gasteiger partial charge in [0.2, 0.25) is 10.5 Å². The molecule has 0 saturated carbocycles. The summed E-state index contributed by atoms with van der Waals surface area (Å²) in [5, 5.41) is 0. The molecule has 0 unspecified atom stereocenters. The predicted octanol–water partition coefficient (Wildman–Crippen LogP) is 3.37. The van der Waals surface area contributed by atoms with Gasteiger partial charge in [0.1, 0.15) is 0 Å². The second-order valence-corrected chi connectivity index (χ2v) is 6.17. The Balaban J connectivity index is 3.53. The van der Waals surface area contributed by atoms with Crippen molar-refractivity contribution < 1.29 is 9.22 Å². The molecule has 0 atom stereocenters. The number of carbonyl (C=O) groups is 1. The van der Waals surface area contributed by atoms with Gasteiger partial charge in [0, 0.05) is 6.42 Å². The number of rotatable bonds is 10. The highest BCUT2D eigenvalue weighted by Gasteiger charge is 2.18. The van der Waals surface area contributed by atoms with E-state index in [4.69, 9.17) is 4.43 Å². The molecule has 0 fully saturated rings. The van der Waals surface area contributed by atoms with Crippen LogP contribution in [0.5, 0.6) is 0 Å². The second kappa shape index (κ2) is 9.69. The molecule has 0 aromatic carbocycles. The van der Waals surface area contributed by atoms with Crippen molar-refractivity contribution in [3.05, 3.63) is 0 Å². The van der Waals surface area contributed by atoms with E-state index in [2.05, 4.69) is 20.8 Å². The summed E-state index contributed by atoms with van der Waals surface area (Å²) < 4.78 is 4.82. The Morgan fingerprint density at radius 1 is 1.06 bits per heavy atom. The summed E-state index contributed by atoms with van der Waals surface area (Å²) in [6, 6.07) is 0. The van der Waals surface area contributed by atoms with Crippen LogP contribution in [-0.2, 0) is 9.22 Å². The smallest absolute Gasteiger partial charge is 0.291 e. The van der Waals surface area contributed by atoms with E-state index in [1.807, 2.05) is 0 Å². The highest BCUT2D eigenvalue weighted by atomic mass is 28.2. The molecule has 0 rings (SSSR count). The van der Waals surface area contributed by atoms with Gasteiger partial charge in [-0.05, 0) is 18.3 Å². The molecule has 0 aromatic heterocycles. The first kappa shape index (κ1) is 16.7. The zero-order chi connectivity index (χ0) is 13.1. The lowest BCUT2D eigenvalue weighted by Gasteiger charge is -2.24. The lowest BCUT2D eigenvalue weighted by Crippen LogP contribution is -2.14. The van der Waals surface area contributed by atoms with E-state index in [-0.39, 0.29) is 5.97 Å². The molecule has 17 heavy (non-hydrogen) atoms. The summed E-state index contributed by atoms with van der Waals surface area (Å²) >= 11 is 0. The molecule has 0 heterocycles. The minimum Gasteiger partial charge on any atom is -0.529 e. The first-order valence-electron chi connectivity index (χ1n) is 7.08. The van der Waals surface area contributed by atoms with Crippen LogP contribution in [0, 0.1) is 5.41 Å². The van der Waals surface area contributed by atoms with Crippen LogP contribution >= 0.6 is 0 Å². The first-order chi connectivity index (χ1) is 8.02. The normalized spacial score (nSPS) is 11.7. The van der Waals surface area contributed by atoms with Gasteiger partial charge >= 0.3 is 0 Å². The summed E-state index contributed by atoms with van der Waals surface area (Å²) in [4.78, 5) is 11.1. The van der Waals surface area contributed by atoms with Crippen molar-refractivity contribution in [2.24, 2.45) is 5.41 Å². The zero-order valence-electron chi connectivity index (χ0n) is 12.2. The highest BCUT2D eigenvalue weighted by Crippen LogP contribution is 2.29. The summed E-state index contributed by atoms with van der Waals surface area (Å²) in [5.41, 5.74) is 0.292. The molecule has 0 bridgehead atoms. The molecule has 0 aliphatic heterocycles. The fraction of sp³-hybridized carbons (Fsp3) is 0.929. The Bertz CT molecular complexity index is 202. The van der Waals surface area contributed by atoms with Gasteiger partial charge in [0.05, 0.1) is 0 Å². The van der Waals surface area contributed by atoms with Crippen LogP contribution in [0.2, 0.25) is 0 Å². The fourth-order valence-corrected chi connectivity index (χ4v) is 2.26. The van der Waals surface area contributed by atoms with Crippen LogP contribution in [0.1, 0.15) is 78.6 Å². The molecule has 0 saturated heterocycles. The van der Waals surface area contributed by atoms with E-state index in [1.165, 1.54) is 44.9 Å². The van der Waals surface area contributed by atoms with Crippen molar-refractivity contribution in [2.75, 3.05) is 0 Å². The van der Waals surface area contributed by atoms with Crippen LogP contribution in [0.3, 0.4) is 0 Å². The van der Waals surface area contributed by atoms with Gasteiger partial charge in [-0.1, -0.05) is 59.3 Å². The molecular formula is C14H30O2Si. The molecule has 0 N–H and O–H groups in total. The third-order valence-electron chi connectivity index (χ3n) is 3.44. The lowest BCUT2D eigenvalue weighted by molar-refractivity contribution is -0.134. The van der Waals surface area contributed by atoms with Gasteiger partial charge in [0.25, 0.3) is 5.97 Å². The van der Waals surface area contributed by atoms with Crippen LogP contribution in [0.25, 0.3) is 0 Å². The van der Waals surface area contributed by atoms with E-state index in [0.717, 1.165) is 6.42 Å². The fourth-order valence-electron chi connectivity index (χ4n) is 2.05. The van der Waals surface area contributed by atoms with Crippen molar-refractivity contribution >= 4 is 16.5 Å². The topological polar surface area (TPSA) is 26.3 Å². The van der Waals surface area contributed by atoms with Crippen LogP contribution < -0.4 is 0 Å². The quantitative estimate of drug-likeness (QED) is 0.443. The van der Waals surface area contributed by atoms with E-state index in [9.17, 15) is 4.79 Å². The molecule has 2 nitrogen and oxygen atoms in total. The van der Waals surface area contributed by atoms with Crippen molar-refractivity contribution in [1.29, 1.82) is 0 Å². The molecule has 3 heteroatoms. The molecule has 0 spiro atoms. The number of hydrogen-bond donors (Lipinski definition) is 0. The van der Waals surface area contributed by atoms with Crippen LogP contribution in [0.4, 0.5) is 0 Å². The maximum Gasteiger partial charge on any atom is 0.291 e. The average Bonchev–Trinajstić information content (AvgIpc) is 2.30. The molecule has 0 radical (unpaired) electrons. The Kier molecular flexibility index (Phi) is 9.51. The summed E-state index contributed by atoms with van der Waals surface area (Å²) in [6.07, 6.45) is 10.9. The maximum absolute atomic E-state index is 11.1. The monoisotopic (exact) mass is 258 g/mol. The Hall–Kier alpha value is -0.313. The second-order valence-electron chi connectivity index (χ2n) is 5.76. The third-order valence-corrected chi connectivity index (χ3v) is 3.90. The Labute approximate surface area is 110 Å². The van der Waals surface area contributed by atoms with Crippen molar-refractivity contribution in [2.45, 2.75) is 78.6 Å². The lowest BCUT2D eigenvalue weighted by atomic mass is 9.82. The number of hydrogen-bond acceptors (Lipinski definition) is 2. The van der Waals surface area contributed by atoms with Crippen molar-refractivity contribution in [3.8, 4) is 0 Å². The van der Waals surface area contributed by atoms with E-state index < -0.39 is 0 Å². The SMILES string of the molecule is CCCCCCCCC(C)(C)CCC(=O)O[SiH3]. The minimum absolute atomic E-state index is 0.0207. The average molecular weight is 258 g/mol. The van der Waals surface area contributed by atoms with Crippen LogP contribution in [0.15, 0.2) is 0 Å². The van der Waals surface area contributed by atoms with E-state index in [0.29, 0.717) is 22.3 Å². The van der Waals surface area contributed by atoms with E-state index in [1.54, 1.807) is 0 Å². The Morgan fingerprint density at radius 3 is 2.24 bits per heavy atom. The molecule has 0 aliphatic carbocycles. The minimum atomic E-state index is -0.0207. The van der Waals surface area contributed by atoms with Gasteiger partial charge < -0.3 is 4.43 Å². The zero-order valence-corrected chi connectivity index (χ0v) is 14.2. The Morgan fingerprint density at radius 2 is 1.65 bits per heavy atom. The molecule has 0 aliphatic rings. The number of unbranched alkanes of at least 4 members (excludes halogenated alkanes) is 5. The largest absolute Gasteiger partial charge is 0.529 e. The standard InChI is InChI=1S/C14H30O2Si/c1-4-5-6-7-8-9-11-14(2,3)12-10-13(15)16-17/h4-12H2,1-3,17H3. The summed E-state index contributed by atoms with van der Waals surface area (Å²) in [6.45, 7) is 6.78. The third kappa shape index (κ3) is 10.6. The maximum atomic E-state index is 11.1. The molecule has 0 amide bonds. The summed E-state index contributed by atoms with van der Waals surface area (Å²) in [7, 11) is 0.528. The summed E-state index contributed by atoms with van der Waals surface area (Å²) in [5.74, 6) is -0.0207. The van der Waals surface area contributed by atoms with Crippen LogP contribution in [-0.4, -0.2) is 16.5 Å². The van der Waals surface area contributed by atoms with Gasteiger partial charge in [-0.3, -0.25) is 4.79 Å². The van der Waals surface area contributed by atoms with Gasteiger partial charge in [0.15, 0.2) is 0 Å². The highest BCUT2D eigenvalue weighted by molar-refractivity contribution is 6.05. The first-order valence-corrected chi connectivity index (χ1v) is 7.90.